The van der Waals surface area contributed by atoms with Crippen LogP contribution in [0.15, 0.2) is 55.0 Å². The van der Waals surface area contributed by atoms with Crippen LogP contribution in [0.25, 0.3) is 22.6 Å². The van der Waals surface area contributed by atoms with Crippen molar-refractivity contribution in [2.45, 2.75) is 45.4 Å². The third-order valence-corrected chi connectivity index (χ3v) is 4.47. The lowest BCUT2D eigenvalue weighted by Crippen LogP contribution is -1.91. The minimum atomic E-state index is 0.0695. The third kappa shape index (κ3) is 4.88. The summed E-state index contributed by atoms with van der Waals surface area (Å²) in [7, 11) is 0. The van der Waals surface area contributed by atoms with E-state index in [9.17, 15) is 5.11 Å². The minimum absolute atomic E-state index is 0.0695. The number of hydrogen-bond donors (Lipinski definition) is 1. The molecular weight excluding hydrogens is 322 g/mol. The molecule has 0 amide bonds. The highest BCUT2D eigenvalue weighted by atomic mass is 16.3. The van der Waals surface area contributed by atoms with Crippen molar-refractivity contribution in [2.75, 3.05) is 0 Å². The normalized spacial score (nSPS) is 10.8. The molecule has 0 bridgehead atoms. The van der Waals surface area contributed by atoms with E-state index in [1.54, 1.807) is 0 Å². The van der Waals surface area contributed by atoms with Crippen LogP contribution in [0.2, 0.25) is 0 Å². The average molecular weight is 347 g/mol. The summed E-state index contributed by atoms with van der Waals surface area (Å²) < 4.78 is 0. The first-order valence-electron chi connectivity index (χ1n) is 9.33. The number of aromatic nitrogens is 3. The fraction of sp³-hybridized carbons (Fsp3) is 0.318. The lowest BCUT2D eigenvalue weighted by Gasteiger charge is -2.05. The zero-order valence-corrected chi connectivity index (χ0v) is 15.2. The van der Waals surface area contributed by atoms with Gasteiger partial charge in [0.2, 0.25) is 0 Å². The van der Waals surface area contributed by atoms with Gasteiger partial charge in [-0.25, -0.2) is 9.97 Å². The Morgan fingerprint density at radius 3 is 2.08 bits per heavy atom. The van der Waals surface area contributed by atoms with E-state index in [1.807, 2.05) is 30.5 Å². The lowest BCUT2D eigenvalue weighted by atomic mass is 10.0. The molecule has 0 fully saturated rings. The highest BCUT2D eigenvalue weighted by molar-refractivity contribution is 5.65. The molecule has 3 rings (SSSR count). The highest BCUT2D eigenvalue weighted by Gasteiger charge is 2.04. The fourth-order valence-corrected chi connectivity index (χ4v) is 2.94. The van der Waals surface area contributed by atoms with Crippen molar-refractivity contribution in [3.63, 3.8) is 0 Å². The number of unbranched alkanes of at least 4 members (excludes halogenated alkanes) is 4. The Morgan fingerprint density at radius 1 is 0.731 bits per heavy atom. The summed E-state index contributed by atoms with van der Waals surface area (Å²) in [5, 5.41) is 9.28. The van der Waals surface area contributed by atoms with Gasteiger partial charge in [0.1, 0.15) is 0 Å². The van der Waals surface area contributed by atoms with Crippen molar-refractivity contribution in [3.05, 3.63) is 60.6 Å². The Morgan fingerprint density at radius 2 is 1.42 bits per heavy atom. The van der Waals surface area contributed by atoms with Gasteiger partial charge >= 0.3 is 0 Å². The summed E-state index contributed by atoms with van der Waals surface area (Å²) >= 11 is 0. The van der Waals surface area contributed by atoms with Crippen molar-refractivity contribution < 1.29 is 5.11 Å². The number of rotatable bonds is 8. The van der Waals surface area contributed by atoms with Gasteiger partial charge in [-0.3, -0.25) is 4.98 Å². The molecule has 2 aromatic heterocycles. The zero-order chi connectivity index (χ0) is 18.2. The summed E-state index contributed by atoms with van der Waals surface area (Å²) in [6.45, 7) is 2.24. The number of aryl methyl sites for hydroxylation is 1. The van der Waals surface area contributed by atoms with Crippen LogP contribution in [-0.2, 0) is 6.42 Å². The highest BCUT2D eigenvalue weighted by Crippen LogP contribution is 2.22. The lowest BCUT2D eigenvalue weighted by molar-refractivity contribution is 0.470. The average Bonchev–Trinajstić information content (AvgIpc) is 2.69. The second-order valence-corrected chi connectivity index (χ2v) is 6.56. The number of pyridine rings is 1. The molecule has 0 atom stereocenters. The molecule has 2 heterocycles. The first kappa shape index (κ1) is 18.1. The molecule has 0 unspecified atom stereocenters. The standard InChI is InChI=1S/C22H25N3O/c1-2-3-4-5-6-7-17-8-13-21(23-14-17)18-9-11-19(12-10-18)22-24-15-20(26)16-25-22/h8-16,26H,2-7H2,1H3. The second kappa shape index (κ2) is 9.09. The summed E-state index contributed by atoms with van der Waals surface area (Å²) in [5.74, 6) is 0.667. The molecule has 0 saturated heterocycles. The molecule has 0 radical (unpaired) electrons. The van der Waals surface area contributed by atoms with E-state index in [4.69, 9.17) is 0 Å². The molecule has 3 aromatic rings. The van der Waals surface area contributed by atoms with Gasteiger partial charge < -0.3 is 5.11 Å². The first-order valence-corrected chi connectivity index (χ1v) is 9.33. The smallest absolute Gasteiger partial charge is 0.159 e. The van der Waals surface area contributed by atoms with E-state index in [0.29, 0.717) is 5.82 Å². The number of nitrogens with zero attached hydrogens (tertiary/aromatic N) is 3. The van der Waals surface area contributed by atoms with Crippen molar-refractivity contribution in [1.29, 1.82) is 0 Å². The summed E-state index contributed by atoms with van der Waals surface area (Å²) in [5.41, 5.74) is 4.26. The van der Waals surface area contributed by atoms with Gasteiger partial charge in [-0.1, -0.05) is 62.9 Å². The number of aromatic hydroxyl groups is 1. The van der Waals surface area contributed by atoms with Crippen LogP contribution in [0.1, 0.15) is 44.6 Å². The maximum absolute atomic E-state index is 9.28. The van der Waals surface area contributed by atoms with Crippen LogP contribution in [-0.4, -0.2) is 20.1 Å². The maximum atomic E-state index is 9.28. The molecule has 0 aliphatic heterocycles. The second-order valence-electron chi connectivity index (χ2n) is 6.56. The molecule has 1 N–H and O–H groups in total. The topological polar surface area (TPSA) is 58.9 Å². The van der Waals surface area contributed by atoms with Crippen molar-refractivity contribution in [3.8, 4) is 28.4 Å². The molecule has 0 aliphatic rings. The fourth-order valence-electron chi connectivity index (χ4n) is 2.94. The van der Waals surface area contributed by atoms with Crippen LogP contribution in [0, 0.1) is 0 Å². The summed E-state index contributed by atoms with van der Waals surface area (Å²) in [4.78, 5) is 12.9. The monoisotopic (exact) mass is 347 g/mol. The summed E-state index contributed by atoms with van der Waals surface area (Å²) in [6.07, 6.45) is 12.4. The predicted octanol–water partition coefficient (Wildman–Crippen LogP) is 5.42. The molecule has 0 saturated carbocycles. The SMILES string of the molecule is CCCCCCCc1ccc(-c2ccc(-c3ncc(O)cn3)cc2)nc1. The van der Waals surface area contributed by atoms with E-state index in [-0.39, 0.29) is 5.75 Å². The zero-order valence-electron chi connectivity index (χ0n) is 15.2. The van der Waals surface area contributed by atoms with Crippen LogP contribution in [0.4, 0.5) is 0 Å². The van der Waals surface area contributed by atoms with Gasteiger partial charge in [0.05, 0.1) is 18.1 Å². The van der Waals surface area contributed by atoms with Crippen LogP contribution in [0.5, 0.6) is 5.75 Å². The van der Waals surface area contributed by atoms with Crippen molar-refractivity contribution in [2.24, 2.45) is 0 Å². The third-order valence-electron chi connectivity index (χ3n) is 4.47. The molecule has 26 heavy (non-hydrogen) atoms. The van der Waals surface area contributed by atoms with Crippen molar-refractivity contribution >= 4 is 0 Å². The Bertz CT molecular complexity index is 796. The van der Waals surface area contributed by atoms with E-state index in [2.05, 4.69) is 34.0 Å². The molecule has 1 aromatic carbocycles. The molecule has 4 heteroatoms. The Hall–Kier alpha value is -2.75. The van der Waals surface area contributed by atoms with E-state index >= 15 is 0 Å². The Balaban J connectivity index is 1.61. The number of benzene rings is 1. The maximum Gasteiger partial charge on any atom is 0.159 e. The molecule has 0 aliphatic carbocycles. The van der Waals surface area contributed by atoms with Crippen LogP contribution >= 0.6 is 0 Å². The minimum Gasteiger partial charge on any atom is -0.505 e. The van der Waals surface area contributed by atoms with Crippen LogP contribution in [0.3, 0.4) is 0 Å². The Kier molecular flexibility index (Phi) is 6.31. The first-order chi connectivity index (χ1) is 12.8. The number of hydrogen-bond acceptors (Lipinski definition) is 4. The van der Waals surface area contributed by atoms with Crippen molar-refractivity contribution in [1.82, 2.24) is 15.0 Å². The quantitative estimate of drug-likeness (QED) is 0.552. The van der Waals surface area contributed by atoms with E-state index in [0.717, 1.165) is 23.2 Å². The molecule has 0 spiro atoms. The summed E-state index contributed by atoms with van der Waals surface area (Å²) in [6, 6.07) is 12.3. The van der Waals surface area contributed by atoms with Gasteiger partial charge in [-0.15, -0.1) is 0 Å². The molecule has 4 nitrogen and oxygen atoms in total. The predicted molar refractivity (Wildman–Crippen MR) is 105 cm³/mol. The van der Waals surface area contributed by atoms with Gasteiger partial charge in [-0.05, 0) is 24.5 Å². The van der Waals surface area contributed by atoms with Gasteiger partial charge in [0, 0.05) is 17.3 Å². The van der Waals surface area contributed by atoms with Gasteiger partial charge in [0.15, 0.2) is 11.6 Å². The van der Waals surface area contributed by atoms with E-state index < -0.39 is 0 Å². The van der Waals surface area contributed by atoms with Gasteiger partial charge in [-0.2, -0.15) is 0 Å². The molecule has 134 valence electrons. The van der Waals surface area contributed by atoms with Crippen LogP contribution < -0.4 is 0 Å². The van der Waals surface area contributed by atoms with Gasteiger partial charge in [0.25, 0.3) is 0 Å². The Labute approximate surface area is 155 Å². The largest absolute Gasteiger partial charge is 0.505 e. The molecular formula is C22H25N3O. The van der Waals surface area contributed by atoms with E-state index in [1.165, 1.54) is 50.1 Å².